The first-order valence-electron chi connectivity index (χ1n) is 6.52. The Kier molecular flexibility index (Phi) is 4.75. The van der Waals surface area contributed by atoms with E-state index in [0.29, 0.717) is 17.1 Å². The number of benzene rings is 1. The predicted octanol–water partition coefficient (Wildman–Crippen LogP) is 4.39. The van der Waals surface area contributed by atoms with E-state index in [1.807, 2.05) is 26.0 Å². The number of hydrogen-bond acceptors (Lipinski definition) is 4. The first-order chi connectivity index (χ1) is 10.0. The number of non-ortho nitro benzene ring substituents is 1. The summed E-state index contributed by atoms with van der Waals surface area (Å²) >= 11 is 5.86. The van der Waals surface area contributed by atoms with E-state index in [1.54, 1.807) is 6.07 Å². The Morgan fingerprint density at radius 2 is 2.00 bits per heavy atom. The van der Waals surface area contributed by atoms with Crippen LogP contribution < -0.4 is 4.74 Å². The summed E-state index contributed by atoms with van der Waals surface area (Å²) in [6.07, 6.45) is 0.736. The minimum atomic E-state index is -0.454. The fourth-order valence-electron chi connectivity index (χ4n) is 1.95. The Balaban J connectivity index is 2.37. The minimum absolute atomic E-state index is 0.00394. The van der Waals surface area contributed by atoms with Gasteiger partial charge in [-0.05, 0) is 31.5 Å². The van der Waals surface area contributed by atoms with E-state index >= 15 is 0 Å². The standard InChI is InChI=1S/C15H15ClN2O3/c1-3-13-15(6-4-10(2)17-13)21-14-7-5-12(18(19)20)8-11(14)9-16/h4-8H,3,9H2,1-2H3. The lowest BCUT2D eigenvalue weighted by atomic mass is 10.2. The zero-order chi connectivity index (χ0) is 15.4. The third kappa shape index (κ3) is 3.49. The number of halogens is 1. The van der Waals surface area contributed by atoms with Crippen molar-refractivity contribution in [3.8, 4) is 11.5 Å². The van der Waals surface area contributed by atoms with Gasteiger partial charge in [0.05, 0.1) is 16.5 Å². The molecule has 0 bridgehead atoms. The zero-order valence-electron chi connectivity index (χ0n) is 11.8. The average Bonchev–Trinajstić information content (AvgIpc) is 2.49. The van der Waals surface area contributed by atoms with Gasteiger partial charge in [-0.1, -0.05) is 6.92 Å². The highest BCUT2D eigenvalue weighted by atomic mass is 35.5. The second kappa shape index (κ2) is 6.54. The van der Waals surface area contributed by atoms with E-state index in [2.05, 4.69) is 4.98 Å². The van der Waals surface area contributed by atoms with Crippen molar-refractivity contribution in [3.05, 3.63) is 57.4 Å². The molecule has 110 valence electrons. The third-order valence-electron chi connectivity index (χ3n) is 3.03. The van der Waals surface area contributed by atoms with Gasteiger partial charge in [0.2, 0.25) is 0 Å². The maximum Gasteiger partial charge on any atom is 0.270 e. The van der Waals surface area contributed by atoms with Crippen molar-refractivity contribution >= 4 is 17.3 Å². The van der Waals surface area contributed by atoms with Crippen LogP contribution in [-0.2, 0) is 12.3 Å². The van der Waals surface area contributed by atoms with E-state index in [-0.39, 0.29) is 11.6 Å². The van der Waals surface area contributed by atoms with E-state index in [4.69, 9.17) is 16.3 Å². The number of aromatic nitrogens is 1. The molecule has 5 nitrogen and oxygen atoms in total. The Bertz CT molecular complexity index is 674. The number of ether oxygens (including phenoxy) is 1. The maximum atomic E-state index is 10.8. The molecule has 0 saturated heterocycles. The molecule has 0 aliphatic rings. The van der Waals surface area contributed by atoms with Crippen LogP contribution in [0.3, 0.4) is 0 Å². The zero-order valence-corrected chi connectivity index (χ0v) is 12.6. The predicted molar refractivity (Wildman–Crippen MR) is 81.1 cm³/mol. The van der Waals surface area contributed by atoms with Crippen molar-refractivity contribution in [2.75, 3.05) is 0 Å². The molecular weight excluding hydrogens is 292 g/mol. The van der Waals surface area contributed by atoms with Crippen LogP contribution >= 0.6 is 11.6 Å². The van der Waals surface area contributed by atoms with Crippen LogP contribution in [0.4, 0.5) is 5.69 Å². The number of alkyl halides is 1. The van der Waals surface area contributed by atoms with Crippen LogP contribution in [0, 0.1) is 17.0 Å². The summed E-state index contributed by atoms with van der Waals surface area (Å²) in [5.41, 5.74) is 2.33. The Morgan fingerprint density at radius 1 is 1.29 bits per heavy atom. The number of rotatable bonds is 5. The summed E-state index contributed by atoms with van der Waals surface area (Å²) < 4.78 is 5.84. The summed E-state index contributed by atoms with van der Waals surface area (Å²) in [5.74, 6) is 1.29. The maximum absolute atomic E-state index is 10.8. The number of nitro benzene ring substituents is 1. The van der Waals surface area contributed by atoms with Crippen molar-refractivity contribution in [2.24, 2.45) is 0 Å². The van der Waals surface area contributed by atoms with Crippen LogP contribution in [0.15, 0.2) is 30.3 Å². The van der Waals surface area contributed by atoms with Gasteiger partial charge in [-0.15, -0.1) is 11.6 Å². The summed E-state index contributed by atoms with van der Waals surface area (Å²) in [5, 5.41) is 10.8. The molecule has 0 radical (unpaired) electrons. The molecule has 0 atom stereocenters. The van der Waals surface area contributed by atoms with Crippen molar-refractivity contribution in [2.45, 2.75) is 26.1 Å². The van der Waals surface area contributed by atoms with Crippen LogP contribution in [0.2, 0.25) is 0 Å². The first-order valence-corrected chi connectivity index (χ1v) is 7.06. The molecule has 0 unspecified atom stereocenters. The molecular formula is C15H15ClN2O3. The van der Waals surface area contributed by atoms with Gasteiger partial charge in [-0.2, -0.15) is 0 Å². The average molecular weight is 307 g/mol. The number of hydrogen-bond donors (Lipinski definition) is 0. The van der Waals surface area contributed by atoms with Crippen LogP contribution in [0.5, 0.6) is 11.5 Å². The molecule has 21 heavy (non-hydrogen) atoms. The van der Waals surface area contributed by atoms with E-state index in [1.165, 1.54) is 12.1 Å². The highest BCUT2D eigenvalue weighted by Gasteiger charge is 2.13. The molecule has 0 aliphatic heterocycles. The van der Waals surface area contributed by atoms with Crippen molar-refractivity contribution < 1.29 is 9.66 Å². The number of nitrogens with zero attached hydrogens (tertiary/aromatic N) is 2. The molecule has 0 saturated carbocycles. The quantitative estimate of drug-likeness (QED) is 0.467. The van der Waals surface area contributed by atoms with Gasteiger partial charge in [0.25, 0.3) is 5.69 Å². The molecule has 0 N–H and O–H groups in total. The SMILES string of the molecule is CCc1nc(C)ccc1Oc1ccc([N+](=O)[O-])cc1CCl. The summed E-state index contributed by atoms with van der Waals surface area (Å²) in [7, 11) is 0. The normalized spacial score (nSPS) is 10.4. The monoisotopic (exact) mass is 306 g/mol. The highest BCUT2D eigenvalue weighted by molar-refractivity contribution is 6.17. The van der Waals surface area contributed by atoms with E-state index in [0.717, 1.165) is 17.8 Å². The highest BCUT2D eigenvalue weighted by Crippen LogP contribution is 2.31. The molecule has 1 heterocycles. The molecule has 0 aliphatic carbocycles. The Morgan fingerprint density at radius 3 is 2.62 bits per heavy atom. The minimum Gasteiger partial charge on any atom is -0.455 e. The molecule has 0 amide bonds. The molecule has 1 aromatic carbocycles. The van der Waals surface area contributed by atoms with Crippen molar-refractivity contribution in [1.82, 2.24) is 4.98 Å². The van der Waals surface area contributed by atoms with Crippen LogP contribution in [-0.4, -0.2) is 9.91 Å². The fraction of sp³-hybridized carbons (Fsp3) is 0.267. The smallest absolute Gasteiger partial charge is 0.270 e. The van der Waals surface area contributed by atoms with Gasteiger partial charge in [-0.3, -0.25) is 15.1 Å². The molecule has 0 spiro atoms. The second-order valence-corrected chi connectivity index (χ2v) is 4.80. The lowest BCUT2D eigenvalue weighted by molar-refractivity contribution is -0.384. The van der Waals surface area contributed by atoms with Crippen LogP contribution in [0.1, 0.15) is 23.9 Å². The van der Waals surface area contributed by atoms with Gasteiger partial charge in [0.1, 0.15) is 11.5 Å². The summed E-state index contributed by atoms with van der Waals surface area (Å²) in [6.45, 7) is 3.91. The molecule has 0 fully saturated rings. The summed E-state index contributed by atoms with van der Waals surface area (Å²) in [4.78, 5) is 14.8. The molecule has 1 aromatic heterocycles. The molecule has 2 aromatic rings. The number of pyridine rings is 1. The van der Waals surface area contributed by atoms with Gasteiger partial charge in [0, 0.05) is 23.4 Å². The first kappa shape index (κ1) is 15.3. The second-order valence-electron chi connectivity index (χ2n) is 4.54. The summed E-state index contributed by atoms with van der Waals surface area (Å²) in [6, 6.07) is 8.10. The topological polar surface area (TPSA) is 65.3 Å². The van der Waals surface area contributed by atoms with Gasteiger partial charge in [-0.25, -0.2) is 0 Å². The van der Waals surface area contributed by atoms with Gasteiger partial charge >= 0.3 is 0 Å². The Hall–Kier alpha value is -2.14. The molecule has 2 rings (SSSR count). The Labute approximate surface area is 127 Å². The fourth-order valence-corrected chi connectivity index (χ4v) is 2.15. The van der Waals surface area contributed by atoms with Crippen LogP contribution in [0.25, 0.3) is 0 Å². The van der Waals surface area contributed by atoms with E-state index in [9.17, 15) is 10.1 Å². The van der Waals surface area contributed by atoms with Crippen molar-refractivity contribution in [1.29, 1.82) is 0 Å². The van der Waals surface area contributed by atoms with E-state index < -0.39 is 4.92 Å². The lowest BCUT2D eigenvalue weighted by Crippen LogP contribution is -1.98. The lowest BCUT2D eigenvalue weighted by Gasteiger charge is -2.12. The third-order valence-corrected chi connectivity index (χ3v) is 3.31. The number of nitro groups is 1. The largest absolute Gasteiger partial charge is 0.455 e. The number of aryl methyl sites for hydroxylation is 2. The molecule has 6 heteroatoms. The van der Waals surface area contributed by atoms with Crippen molar-refractivity contribution in [3.63, 3.8) is 0 Å². The van der Waals surface area contributed by atoms with Gasteiger partial charge in [0.15, 0.2) is 0 Å². The van der Waals surface area contributed by atoms with Gasteiger partial charge < -0.3 is 4.74 Å².